The lowest BCUT2D eigenvalue weighted by molar-refractivity contribution is -0.139. The van der Waals surface area contributed by atoms with Crippen LogP contribution in [-0.2, 0) is 26.2 Å². The Morgan fingerprint density at radius 2 is 1.59 bits per heavy atom. The lowest BCUT2D eigenvalue weighted by atomic mass is 10.1. The van der Waals surface area contributed by atoms with Gasteiger partial charge in [0, 0.05) is 27.7 Å². The second kappa shape index (κ2) is 11.6. The van der Waals surface area contributed by atoms with E-state index in [0.29, 0.717) is 26.2 Å². The fourth-order valence-electron chi connectivity index (χ4n) is 3.27. The molecule has 0 saturated heterocycles. The Kier molecular flexibility index (Phi) is 9.65. The van der Waals surface area contributed by atoms with Crippen LogP contribution in [0.15, 0.2) is 36.4 Å². The minimum absolute atomic E-state index is 0.0202. The highest BCUT2D eigenvalue weighted by Crippen LogP contribution is 2.27. The summed E-state index contributed by atoms with van der Waals surface area (Å²) in [5.41, 5.74) is 1.47. The molecule has 0 aliphatic rings. The van der Waals surface area contributed by atoms with Crippen LogP contribution in [0.5, 0.6) is 0 Å². The number of halogens is 3. The summed E-state index contributed by atoms with van der Waals surface area (Å²) in [6.45, 7) is 6.37. The minimum Gasteiger partial charge on any atom is -0.352 e. The SMILES string of the molecule is Cc1ccc(Cl)cc1N(CC(=O)N(Cc1ccc(Cl)cc1Cl)[C@H](C)C(=O)NC(C)C)S(C)(=O)=O. The van der Waals surface area contributed by atoms with Crippen LogP contribution < -0.4 is 9.62 Å². The van der Waals surface area contributed by atoms with Gasteiger partial charge >= 0.3 is 0 Å². The number of amides is 2. The fraction of sp³-hybridized carbons (Fsp3) is 0.391. The van der Waals surface area contributed by atoms with E-state index in [1.54, 1.807) is 52.0 Å². The predicted octanol–water partition coefficient (Wildman–Crippen LogP) is 4.66. The van der Waals surface area contributed by atoms with E-state index in [0.717, 1.165) is 10.6 Å². The number of carbonyl (C=O) groups excluding carboxylic acids is 2. The molecule has 1 N–H and O–H groups in total. The summed E-state index contributed by atoms with van der Waals surface area (Å²) in [6, 6.07) is 8.57. The Morgan fingerprint density at radius 3 is 2.15 bits per heavy atom. The molecule has 2 aromatic carbocycles. The summed E-state index contributed by atoms with van der Waals surface area (Å²) in [7, 11) is -3.85. The standard InChI is InChI=1S/C23H28Cl3N3O4S/c1-14(2)27-23(31)16(4)28(12-17-7-9-18(24)10-20(17)26)22(30)13-29(34(5,32)33)21-11-19(25)8-6-15(21)3/h6-11,14,16H,12-13H2,1-5H3,(H,27,31)/t16-/m1/s1. The molecular formula is C23H28Cl3N3O4S. The van der Waals surface area contributed by atoms with Crippen molar-refractivity contribution >= 4 is 62.3 Å². The molecule has 0 fully saturated rings. The van der Waals surface area contributed by atoms with Gasteiger partial charge in [-0.15, -0.1) is 0 Å². The summed E-state index contributed by atoms with van der Waals surface area (Å²) in [5.74, 6) is -0.958. The minimum atomic E-state index is -3.85. The van der Waals surface area contributed by atoms with E-state index in [2.05, 4.69) is 5.32 Å². The molecule has 2 amide bonds. The van der Waals surface area contributed by atoms with Gasteiger partial charge < -0.3 is 10.2 Å². The van der Waals surface area contributed by atoms with Gasteiger partial charge in [-0.3, -0.25) is 13.9 Å². The average molecular weight is 549 g/mol. The number of anilines is 1. The van der Waals surface area contributed by atoms with Crippen LogP contribution in [-0.4, -0.2) is 50.0 Å². The molecule has 0 bridgehead atoms. The van der Waals surface area contributed by atoms with Crippen molar-refractivity contribution in [2.45, 2.75) is 46.3 Å². The Bertz CT molecular complexity index is 1170. The van der Waals surface area contributed by atoms with Gasteiger partial charge in [-0.25, -0.2) is 8.42 Å². The van der Waals surface area contributed by atoms with Crippen LogP contribution in [0.4, 0.5) is 5.69 Å². The van der Waals surface area contributed by atoms with E-state index >= 15 is 0 Å². The third-order valence-corrected chi connectivity index (χ3v) is 7.02. The maximum Gasteiger partial charge on any atom is 0.244 e. The summed E-state index contributed by atoms with van der Waals surface area (Å²) >= 11 is 18.4. The van der Waals surface area contributed by atoms with Gasteiger partial charge in [-0.1, -0.05) is 46.9 Å². The molecule has 0 aliphatic heterocycles. The molecule has 0 unspecified atom stereocenters. The first kappa shape index (κ1) is 28.2. The molecule has 1 atom stereocenters. The number of carbonyl (C=O) groups is 2. The molecule has 0 heterocycles. The van der Waals surface area contributed by atoms with Crippen molar-refractivity contribution in [2.24, 2.45) is 0 Å². The highest BCUT2D eigenvalue weighted by Gasteiger charge is 2.31. The van der Waals surface area contributed by atoms with Gasteiger partial charge in [-0.2, -0.15) is 0 Å². The van der Waals surface area contributed by atoms with E-state index in [4.69, 9.17) is 34.8 Å². The number of nitrogens with zero attached hydrogens (tertiary/aromatic N) is 2. The van der Waals surface area contributed by atoms with Crippen LogP contribution in [0.3, 0.4) is 0 Å². The van der Waals surface area contributed by atoms with E-state index in [1.807, 2.05) is 0 Å². The number of aryl methyl sites for hydroxylation is 1. The Labute approximate surface area is 216 Å². The quantitative estimate of drug-likeness (QED) is 0.494. The zero-order valence-electron chi connectivity index (χ0n) is 19.6. The largest absolute Gasteiger partial charge is 0.352 e. The predicted molar refractivity (Wildman–Crippen MR) is 138 cm³/mol. The van der Waals surface area contributed by atoms with E-state index in [1.165, 1.54) is 17.0 Å². The molecular weight excluding hydrogens is 521 g/mol. The zero-order valence-corrected chi connectivity index (χ0v) is 22.7. The van der Waals surface area contributed by atoms with E-state index < -0.39 is 28.5 Å². The molecule has 7 nitrogen and oxygen atoms in total. The van der Waals surface area contributed by atoms with Crippen molar-refractivity contribution in [2.75, 3.05) is 17.1 Å². The van der Waals surface area contributed by atoms with Gasteiger partial charge in [0.2, 0.25) is 21.8 Å². The molecule has 0 aromatic heterocycles. The smallest absolute Gasteiger partial charge is 0.244 e. The van der Waals surface area contributed by atoms with Crippen LogP contribution in [0.2, 0.25) is 15.1 Å². The third-order valence-electron chi connectivity index (χ3n) is 5.07. The molecule has 34 heavy (non-hydrogen) atoms. The second-order valence-corrected chi connectivity index (χ2v) is 11.5. The second-order valence-electron chi connectivity index (χ2n) is 8.30. The first-order valence-electron chi connectivity index (χ1n) is 10.5. The zero-order chi connectivity index (χ0) is 25.8. The van der Waals surface area contributed by atoms with Crippen molar-refractivity contribution in [3.63, 3.8) is 0 Å². The van der Waals surface area contributed by atoms with E-state index in [-0.39, 0.29) is 24.2 Å². The molecule has 0 radical (unpaired) electrons. The normalized spacial score (nSPS) is 12.4. The molecule has 186 valence electrons. The topological polar surface area (TPSA) is 86.8 Å². The number of hydrogen-bond donors (Lipinski definition) is 1. The van der Waals surface area contributed by atoms with Crippen LogP contribution in [0.25, 0.3) is 0 Å². The monoisotopic (exact) mass is 547 g/mol. The van der Waals surface area contributed by atoms with Gasteiger partial charge in [-0.05, 0) is 63.1 Å². The lowest BCUT2D eigenvalue weighted by Gasteiger charge is -2.32. The van der Waals surface area contributed by atoms with Gasteiger partial charge in [0.05, 0.1) is 11.9 Å². The maximum absolute atomic E-state index is 13.5. The number of benzene rings is 2. The van der Waals surface area contributed by atoms with Crippen molar-refractivity contribution in [3.05, 3.63) is 62.6 Å². The van der Waals surface area contributed by atoms with Crippen molar-refractivity contribution in [1.29, 1.82) is 0 Å². The highest BCUT2D eigenvalue weighted by atomic mass is 35.5. The van der Waals surface area contributed by atoms with Gasteiger partial charge in [0.1, 0.15) is 12.6 Å². The molecule has 0 saturated carbocycles. The molecule has 2 aromatic rings. The van der Waals surface area contributed by atoms with Crippen LogP contribution >= 0.6 is 34.8 Å². The molecule has 0 aliphatic carbocycles. The van der Waals surface area contributed by atoms with Crippen molar-refractivity contribution in [3.8, 4) is 0 Å². The van der Waals surface area contributed by atoms with Crippen LogP contribution in [0.1, 0.15) is 31.9 Å². The fourth-order valence-corrected chi connectivity index (χ4v) is 4.80. The Balaban J connectivity index is 2.47. The van der Waals surface area contributed by atoms with Gasteiger partial charge in [0.25, 0.3) is 0 Å². The summed E-state index contributed by atoms with van der Waals surface area (Å²) in [4.78, 5) is 27.6. The van der Waals surface area contributed by atoms with Crippen molar-refractivity contribution in [1.82, 2.24) is 10.2 Å². The Morgan fingerprint density at radius 1 is 1.00 bits per heavy atom. The molecule has 0 spiro atoms. The lowest BCUT2D eigenvalue weighted by Crippen LogP contribution is -2.52. The summed E-state index contributed by atoms with van der Waals surface area (Å²) in [5, 5.41) is 3.87. The maximum atomic E-state index is 13.5. The Hall–Kier alpha value is -2.00. The highest BCUT2D eigenvalue weighted by molar-refractivity contribution is 7.92. The van der Waals surface area contributed by atoms with Crippen molar-refractivity contribution < 1.29 is 18.0 Å². The number of nitrogens with one attached hydrogen (secondary N) is 1. The summed E-state index contributed by atoms with van der Waals surface area (Å²) in [6.07, 6.45) is 1.01. The first-order valence-corrected chi connectivity index (χ1v) is 13.5. The number of sulfonamides is 1. The number of hydrogen-bond acceptors (Lipinski definition) is 4. The van der Waals surface area contributed by atoms with Gasteiger partial charge in [0.15, 0.2) is 0 Å². The third kappa shape index (κ3) is 7.50. The van der Waals surface area contributed by atoms with E-state index in [9.17, 15) is 18.0 Å². The van der Waals surface area contributed by atoms with Crippen LogP contribution in [0, 0.1) is 6.92 Å². The number of rotatable bonds is 9. The first-order chi connectivity index (χ1) is 15.7. The summed E-state index contributed by atoms with van der Waals surface area (Å²) < 4.78 is 26.3. The molecule has 2 rings (SSSR count). The molecule has 11 heteroatoms. The average Bonchev–Trinajstić information content (AvgIpc) is 2.71.